The second-order valence-electron chi connectivity index (χ2n) is 6.22. The van der Waals surface area contributed by atoms with Crippen LogP contribution >= 0.6 is 0 Å². The Morgan fingerprint density at radius 1 is 1.10 bits per heavy atom. The van der Waals surface area contributed by atoms with Gasteiger partial charge in [0.15, 0.2) is 0 Å². The summed E-state index contributed by atoms with van der Waals surface area (Å²) in [6.07, 6.45) is 4.85. The van der Waals surface area contributed by atoms with Crippen molar-refractivity contribution in [3.8, 4) is 5.75 Å². The van der Waals surface area contributed by atoms with Crippen LogP contribution < -0.4 is 15.4 Å². The summed E-state index contributed by atoms with van der Waals surface area (Å²) < 4.78 is 5.93. The molecule has 2 aliphatic rings. The fourth-order valence-corrected chi connectivity index (χ4v) is 3.23. The summed E-state index contributed by atoms with van der Waals surface area (Å²) in [5.74, 6) is 0.988. The van der Waals surface area contributed by atoms with Crippen molar-refractivity contribution in [1.82, 2.24) is 4.90 Å². The van der Waals surface area contributed by atoms with E-state index in [9.17, 15) is 0 Å². The van der Waals surface area contributed by atoms with Gasteiger partial charge in [-0.15, -0.1) is 0 Å². The highest BCUT2D eigenvalue weighted by atomic mass is 16.5. The Hall–Kier alpha value is -1.26. The third-order valence-corrected chi connectivity index (χ3v) is 4.60. The van der Waals surface area contributed by atoms with Gasteiger partial charge in [-0.2, -0.15) is 0 Å². The number of ether oxygens (including phenoxy) is 1. The molecule has 0 spiro atoms. The van der Waals surface area contributed by atoms with Crippen molar-refractivity contribution in [1.29, 1.82) is 0 Å². The first kappa shape index (κ1) is 14.7. The van der Waals surface area contributed by atoms with Gasteiger partial charge < -0.3 is 15.4 Å². The average Bonchev–Trinajstić information content (AvgIpc) is 3.02. The van der Waals surface area contributed by atoms with Gasteiger partial charge in [0.1, 0.15) is 12.4 Å². The van der Waals surface area contributed by atoms with E-state index in [4.69, 9.17) is 10.5 Å². The number of nitrogens with two attached hydrogens (primary N) is 1. The maximum atomic E-state index is 5.97. The first-order valence-electron chi connectivity index (χ1n) is 8.27. The molecule has 2 heterocycles. The monoisotopic (exact) mass is 289 g/mol. The molecule has 21 heavy (non-hydrogen) atoms. The summed E-state index contributed by atoms with van der Waals surface area (Å²) in [7, 11) is 0. The summed E-state index contributed by atoms with van der Waals surface area (Å²) in [6.45, 7) is 6.41. The van der Waals surface area contributed by atoms with Crippen LogP contribution in [-0.4, -0.2) is 50.3 Å². The fourth-order valence-electron chi connectivity index (χ4n) is 3.23. The fraction of sp³-hybridized carbons (Fsp3) is 0.647. The molecule has 0 bridgehead atoms. The largest absolute Gasteiger partial charge is 0.492 e. The molecule has 0 aliphatic carbocycles. The number of rotatable bonds is 5. The van der Waals surface area contributed by atoms with Crippen LogP contribution in [0.5, 0.6) is 5.75 Å². The Kier molecular flexibility index (Phi) is 4.99. The minimum absolute atomic E-state index is 0.376. The van der Waals surface area contributed by atoms with E-state index in [1.807, 2.05) is 0 Å². The van der Waals surface area contributed by atoms with Crippen molar-refractivity contribution in [3.63, 3.8) is 0 Å². The van der Waals surface area contributed by atoms with Crippen LogP contribution in [0, 0.1) is 0 Å². The summed E-state index contributed by atoms with van der Waals surface area (Å²) in [5, 5.41) is 0. The summed E-state index contributed by atoms with van der Waals surface area (Å²) in [6, 6.07) is 8.87. The molecule has 2 fully saturated rings. The first-order valence-corrected chi connectivity index (χ1v) is 8.27. The number of anilines is 1. The van der Waals surface area contributed by atoms with Crippen molar-refractivity contribution in [2.75, 3.05) is 44.2 Å². The SMILES string of the molecule is NC1CCN(c2cccc(OCCN3CCCC3)c2)CC1. The van der Waals surface area contributed by atoms with Gasteiger partial charge in [-0.3, -0.25) is 4.90 Å². The van der Waals surface area contributed by atoms with E-state index in [2.05, 4.69) is 34.1 Å². The minimum atomic E-state index is 0.376. The number of nitrogens with zero attached hydrogens (tertiary/aromatic N) is 2. The Bertz CT molecular complexity index is 437. The van der Waals surface area contributed by atoms with E-state index in [0.29, 0.717) is 6.04 Å². The molecule has 4 nitrogen and oxygen atoms in total. The molecule has 1 aromatic carbocycles. The molecule has 0 amide bonds. The summed E-state index contributed by atoms with van der Waals surface area (Å²) in [4.78, 5) is 4.90. The van der Waals surface area contributed by atoms with Crippen molar-refractivity contribution in [3.05, 3.63) is 24.3 Å². The van der Waals surface area contributed by atoms with E-state index in [0.717, 1.165) is 44.8 Å². The quantitative estimate of drug-likeness (QED) is 0.901. The second kappa shape index (κ2) is 7.14. The molecule has 0 saturated carbocycles. The topological polar surface area (TPSA) is 41.7 Å². The van der Waals surface area contributed by atoms with Gasteiger partial charge in [0.2, 0.25) is 0 Å². The van der Waals surface area contributed by atoms with Crippen LogP contribution in [-0.2, 0) is 0 Å². The average molecular weight is 289 g/mol. The van der Waals surface area contributed by atoms with Gasteiger partial charge >= 0.3 is 0 Å². The van der Waals surface area contributed by atoms with E-state index >= 15 is 0 Å². The number of likely N-dealkylation sites (tertiary alicyclic amines) is 1. The molecule has 0 radical (unpaired) electrons. The van der Waals surface area contributed by atoms with Crippen molar-refractivity contribution in [2.45, 2.75) is 31.7 Å². The van der Waals surface area contributed by atoms with Crippen LogP contribution in [0.15, 0.2) is 24.3 Å². The molecule has 3 rings (SSSR count). The van der Waals surface area contributed by atoms with E-state index in [1.165, 1.54) is 31.6 Å². The molecule has 2 N–H and O–H groups in total. The normalized spacial score (nSPS) is 20.9. The van der Waals surface area contributed by atoms with Crippen molar-refractivity contribution in [2.24, 2.45) is 5.73 Å². The number of piperidine rings is 1. The molecular weight excluding hydrogens is 262 g/mol. The van der Waals surface area contributed by atoms with E-state index in [1.54, 1.807) is 0 Å². The highest BCUT2D eigenvalue weighted by molar-refractivity contribution is 5.51. The zero-order valence-corrected chi connectivity index (χ0v) is 12.8. The molecule has 116 valence electrons. The second-order valence-corrected chi connectivity index (χ2v) is 6.22. The van der Waals surface area contributed by atoms with Gasteiger partial charge in [-0.05, 0) is 50.9 Å². The zero-order chi connectivity index (χ0) is 14.5. The predicted octanol–water partition coefficient (Wildman–Crippen LogP) is 2.09. The van der Waals surface area contributed by atoms with Crippen LogP contribution in [0.4, 0.5) is 5.69 Å². The Morgan fingerprint density at radius 2 is 1.86 bits per heavy atom. The lowest BCUT2D eigenvalue weighted by Crippen LogP contribution is -2.39. The lowest BCUT2D eigenvalue weighted by atomic mass is 10.1. The highest BCUT2D eigenvalue weighted by Gasteiger charge is 2.16. The maximum Gasteiger partial charge on any atom is 0.121 e. The maximum absolute atomic E-state index is 5.97. The Balaban J connectivity index is 1.50. The lowest BCUT2D eigenvalue weighted by molar-refractivity contribution is 0.238. The van der Waals surface area contributed by atoms with Gasteiger partial charge in [0, 0.05) is 37.4 Å². The molecule has 2 aliphatic heterocycles. The Morgan fingerprint density at radius 3 is 2.62 bits per heavy atom. The Labute approximate surface area is 127 Å². The minimum Gasteiger partial charge on any atom is -0.492 e. The van der Waals surface area contributed by atoms with Gasteiger partial charge in [-0.25, -0.2) is 0 Å². The third kappa shape index (κ3) is 4.11. The smallest absolute Gasteiger partial charge is 0.121 e. The van der Waals surface area contributed by atoms with E-state index < -0.39 is 0 Å². The van der Waals surface area contributed by atoms with Crippen LogP contribution in [0.3, 0.4) is 0 Å². The number of hydrogen-bond acceptors (Lipinski definition) is 4. The third-order valence-electron chi connectivity index (χ3n) is 4.60. The summed E-state index contributed by atoms with van der Waals surface area (Å²) >= 11 is 0. The number of benzene rings is 1. The highest BCUT2D eigenvalue weighted by Crippen LogP contribution is 2.24. The molecule has 0 aromatic heterocycles. The lowest BCUT2D eigenvalue weighted by Gasteiger charge is -2.32. The van der Waals surface area contributed by atoms with Crippen LogP contribution in [0.2, 0.25) is 0 Å². The molecule has 0 unspecified atom stereocenters. The van der Waals surface area contributed by atoms with Crippen molar-refractivity contribution < 1.29 is 4.74 Å². The predicted molar refractivity (Wildman–Crippen MR) is 87.0 cm³/mol. The molecule has 1 aromatic rings. The molecule has 2 saturated heterocycles. The summed E-state index contributed by atoms with van der Waals surface area (Å²) in [5.41, 5.74) is 7.24. The standard InChI is InChI=1S/C17H27N3O/c18-15-6-10-20(11-7-15)16-4-3-5-17(14-16)21-13-12-19-8-1-2-9-19/h3-5,14-15H,1-2,6-13,18H2. The van der Waals surface area contributed by atoms with E-state index in [-0.39, 0.29) is 0 Å². The molecular formula is C17H27N3O. The van der Waals surface area contributed by atoms with Gasteiger partial charge in [0.25, 0.3) is 0 Å². The van der Waals surface area contributed by atoms with Gasteiger partial charge in [-0.1, -0.05) is 6.07 Å². The zero-order valence-electron chi connectivity index (χ0n) is 12.8. The number of hydrogen-bond donors (Lipinski definition) is 1. The molecule has 0 atom stereocenters. The first-order chi connectivity index (χ1) is 10.3. The van der Waals surface area contributed by atoms with Crippen LogP contribution in [0.25, 0.3) is 0 Å². The van der Waals surface area contributed by atoms with Gasteiger partial charge in [0.05, 0.1) is 0 Å². The molecule has 4 heteroatoms. The van der Waals surface area contributed by atoms with Crippen molar-refractivity contribution >= 4 is 5.69 Å². The van der Waals surface area contributed by atoms with Crippen LogP contribution in [0.1, 0.15) is 25.7 Å².